The van der Waals surface area contributed by atoms with E-state index in [1.165, 1.54) is 18.7 Å². The van der Waals surface area contributed by atoms with Crippen LogP contribution in [0.4, 0.5) is 0 Å². The molecule has 34 heavy (non-hydrogen) atoms. The molecule has 1 fully saturated rings. The molecule has 7 nitrogen and oxygen atoms in total. The number of ether oxygens (including phenoxy) is 3. The lowest BCUT2D eigenvalue weighted by atomic mass is 9.84. The fraction of sp³-hybridized carbons (Fsp3) is 0.423. The van der Waals surface area contributed by atoms with Gasteiger partial charge in [0.15, 0.2) is 5.17 Å². The van der Waals surface area contributed by atoms with E-state index < -0.39 is 0 Å². The maximum Gasteiger partial charge on any atom is 0.308 e. The Kier molecular flexibility index (Phi) is 6.89. The molecule has 0 aliphatic carbocycles. The van der Waals surface area contributed by atoms with E-state index in [0.717, 1.165) is 41.0 Å². The minimum Gasteiger partial charge on any atom is -0.490 e. The number of carbonyl (C=O) groups excluding carboxylic acids is 1. The van der Waals surface area contributed by atoms with Crippen LogP contribution in [0.2, 0.25) is 0 Å². The fourth-order valence-corrected chi connectivity index (χ4v) is 5.01. The molecule has 2 aliphatic rings. The van der Waals surface area contributed by atoms with Crippen molar-refractivity contribution in [1.29, 1.82) is 10.8 Å². The SMILES string of the molecule is CC(=O)Oc1cc2c(cc1C(C)(C)C)OC(COc1ccc(CC3SC(=N)NC3=N)cc1)CC2. The van der Waals surface area contributed by atoms with E-state index in [1.807, 2.05) is 36.4 Å². The average Bonchev–Trinajstić information content (AvgIpc) is 3.08. The van der Waals surface area contributed by atoms with Crippen LogP contribution in [0.3, 0.4) is 0 Å². The molecular formula is C26H31N3O4S. The van der Waals surface area contributed by atoms with E-state index in [4.69, 9.17) is 25.0 Å². The smallest absolute Gasteiger partial charge is 0.308 e. The topological polar surface area (TPSA) is 104 Å². The largest absolute Gasteiger partial charge is 0.490 e. The number of rotatable bonds is 6. The van der Waals surface area contributed by atoms with Gasteiger partial charge in [-0.2, -0.15) is 0 Å². The highest BCUT2D eigenvalue weighted by Gasteiger charge is 2.28. The van der Waals surface area contributed by atoms with E-state index in [1.54, 1.807) is 0 Å². The molecule has 0 radical (unpaired) electrons. The molecule has 2 unspecified atom stereocenters. The van der Waals surface area contributed by atoms with E-state index in [2.05, 4.69) is 26.1 Å². The molecule has 2 heterocycles. The van der Waals surface area contributed by atoms with Gasteiger partial charge in [0.1, 0.15) is 35.8 Å². The zero-order valence-corrected chi connectivity index (χ0v) is 20.8. The van der Waals surface area contributed by atoms with Crippen LogP contribution in [0, 0.1) is 10.8 Å². The Balaban J connectivity index is 1.37. The first-order valence-electron chi connectivity index (χ1n) is 11.4. The normalized spacial score (nSPS) is 19.8. The van der Waals surface area contributed by atoms with Crippen LogP contribution in [-0.4, -0.2) is 34.9 Å². The highest BCUT2D eigenvalue weighted by Crippen LogP contribution is 2.39. The van der Waals surface area contributed by atoms with Gasteiger partial charge in [0.2, 0.25) is 0 Å². The van der Waals surface area contributed by atoms with Gasteiger partial charge in [0.25, 0.3) is 0 Å². The summed E-state index contributed by atoms with van der Waals surface area (Å²) >= 11 is 1.38. The quantitative estimate of drug-likeness (QED) is 0.403. The summed E-state index contributed by atoms with van der Waals surface area (Å²) in [6.07, 6.45) is 2.29. The highest BCUT2D eigenvalue weighted by molar-refractivity contribution is 8.15. The van der Waals surface area contributed by atoms with Crippen LogP contribution in [0.15, 0.2) is 36.4 Å². The maximum absolute atomic E-state index is 11.6. The van der Waals surface area contributed by atoms with Crippen molar-refractivity contribution in [2.75, 3.05) is 6.61 Å². The third kappa shape index (κ3) is 5.73. The van der Waals surface area contributed by atoms with Gasteiger partial charge in [0.05, 0.1) is 5.25 Å². The molecule has 4 rings (SSSR count). The number of benzene rings is 2. The monoisotopic (exact) mass is 481 g/mol. The molecule has 0 bridgehead atoms. The number of hydrogen-bond acceptors (Lipinski definition) is 7. The summed E-state index contributed by atoms with van der Waals surface area (Å²) in [7, 11) is 0. The summed E-state index contributed by atoms with van der Waals surface area (Å²) in [5.41, 5.74) is 2.90. The molecule has 2 atom stereocenters. The Labute approximate surface area is 204 Å². The lowest BCUT2D eigenvalue weighted by molar-refractivity contribution is -0.131. The van der Waals surface area contributed by atoms with Gasteiger partial charge in [-0.25, -0.2) is 0 Å². The summed E-state index contributed by atoms with van der Waals surface area (Å²) in [4.78, 5) is 11.6. The summed E-state index contributed by atoms with van der Waals surface area (Å²) in [5.74, 6) is 2.27. The molecule has 0 saturated carbocycles. The summed E-state index contributed by atoms with van der Waals surface area (Å²) in [6.45, 7) is 8.13. The van der Waals surface area contributed by atoms with Gasteiger partial charge in [0, 0.05) is 12.5 Å². The third-order valence-corrected chi connectivity index (χ3v) is 6.89. The minimum absolute atomic E-state index is 0.0330. The highest BCUT2D eigenvalue weighted by atomic mass is 32.2. The van der Waals surface area contributed by atoms with Crippen molar-refractivity contribution in [3.63, 3.8) is 0 Å². The van der Waals surface area contributed by atoms with Gasteiger partial charge in [-0.05, 0) is 60.1 Å². The molecule has 3 N–H and O–H groups in total. The number of esters is 1. The second-order valence-electron chi connectivity index (χ2n) is 9.71. The van der Waals surface area contributed by atoms with E-state index in [9.17, 15) is 4.79 Å². The predicted octanol–water partition coefficient (Wildman–Crippen LogP) is 4.84. The van der Waals surface area contributed by atoms with E-state index in [0.29, 0.717) is 29.8 Å². The standard InChI is InChI=1S/C26H31N3O4S/c1-15(30)32-22-12-17-7-10-19(33-21(17)13-20(22)26(2,3)4)14-31-18-8-5-16(6-9-18)11-23-24(27)29-25(28)34-23/h5-6,8-9,12-13,19,23H,7,10-11,14H2,1-4H3,(H3,27,28,29). The number of aryl methyl sites for hydroxylation is 1. The number of fused-ring (bicyclic) bond motifs is 1. The molecule has 8 heteroatoms. The Bertz CT molecular complexity index is 1110. The molecule has 1 saturated heterocycles. The number of amidine groups is 2. The first-order chi connectivity index (χ1) is 16.1. The van der Waals surface area contributed by atoms with Crippen molar-refractivity contribution in [1.82, 2.24) is 5.32 Å². The Morgan fingerprint density at radius 1 is 1.21 bits per heavy atom. The zero-order chi connectivity index (χ0) is 24.5. The van der Waals surface area contributed by atoms with Crippen LogP contribution in [-0.2, 0) is 23.1 Å². The van der Waals surface area contributed by atoms with Crippen LogP contribution in [0.25, 0.3) is 0 Å². The fourth-order valence-electron chi connectivity index (χ4n) is 4.11. The molecular weight excluding hydrogens is 450 g/mol. The van der Waals surface area contributed by atoms with Gasteiger partial charge in [-0.15, -0.1) is 0 Å². The summed E-state index contributed by atoms with van der Waals surface area (Å²) in [6, 6.07) is 11.8. The lowest BCUT2D eigenvalue weighted by Gasteiger charge is -2.30. The number of thioether (sulfide) groups is 1. The average molecular weight is 482 g/mol. The zero-order valence-electron chi connectivity index (χ0n) is 20.0. The molecule has 2 aromatic rings. The third-order valence-electron chi connectivity index (χ3n) is 5.86. The van der Waals surface area contributed by atoms with Crippen molar-refractivity contribution in [2.45, 2.75) is 63.7 Å². The molecule has 0 amide bonds. The molecule has 0 spiro atoms. The van der Waals surface area contributed by atoms with Crippen molar-refractivity contribution in [3.8, 4) is 17.2 Å². The summed E-state index contributed by atoms with van der Waals surface area (Å²) < 4.78 is 17.8. The molecule has 0 aromatic heterocycles. The molecule has 2 aliphatic heterocycles. The first-order valence-corrected chi connectivity index (χ1v) is 12.3. The second-order valence-corrected chi connectivity index (χ2v) is 10.9. The number of hydrogen-bond donors (Lipinski definition) is 3. The number of carbonyl (C=O) groups is 1. The number of nitrogens with one attached hydrogen (secondary N) is 3. The van der Waals surface area contributed by atoms with E-state index in [-0.39, 0.29) is 22.7 Å². The maximum atomic E-state index is 11.6. The minimum atomic E-state index is -0.323. The summed E-state index contributed by atoms with van der Waals surface area (Å²) in [5, 5.41) is 18.6. The van der Waals surface area contributed by atoms with Gasteiger partial charge >= 0.3 is 5.97 Å². The van der Waals surface area contributed by atoms with Crippen molar-refractivity contribution < 1.29 is 19.0 Å². The van der Waals surface area contributed by atoms with Crippen LogP contribution in [0.5, 0.6) is 17.2 Å². The van der Waals surface area contributed by atoms with Gasteiger partial charge in [-0.3, -0.25) is 15.6 Å². The lowest BCUT2D eigenvalue weighted by Crippen LogP contribution is -2.29. The van der Waals surface area contributed by atoms with Crippen LogP contribution >= 0.6 is 11.8 Å². The second kappa shape index (κ2) is 9.70. The first kappa shape index (κ1) is 24.1. The Morgan fingerprint density at radius 3 is 2.56 bits per heavy atom. The molecule has 180 valence electrons. The van der Waals surface area contributed by atoms with Crippen LogP contribution in [0.1, 0.15) is 50.8 Å². The Morgan fingerprint density at radius 2 is 1.94 bits per heavy atom. The van der Waals surface area contributed by atoms with Crippen LogP contribution < -0.4 is 19.5 Å². The van der Waals surface area contributed by atoms with Crippen molar-refractivity contribution in [2.24, 2.45) is 0 Å². The van der Waals surface area contributed by atoms with Gasteiger partial charge < -0.3 is 19.5 Å². The van der Waals surface area contributed by atoms with Crippen molar-refractivity contribution in [3.05, 3.63) is 53.1 Å². The molecule has 2 aromatic carbocycles. The van der Waals surface area contributed by atoms with Gasteiger partial charge in [-0.1, -0.05) is 44.7 Å². The predicted molar refractivity (Wildman–Crippen MR) is 135 cm³/mol. The van der Waals surface area contributed by atoms with Crippen molar-refractivity contribution >= 4 is 28.7 Å². The van der Waals surface area contributed by atoms with E-state index >= 15 is 0 Å². The Hall–Kier alpha value is -3.00.